The van der Waals surface area contributed by atoms with Crippen molar-refractivity contribution in [1.82, 2.24) is 4.90 Å². The summed E-state index contributed by atoms with van der Waals surface area (Å²) in [6.45, 7) is 2.65. The van der Waals surface area contributed by atoms with Crippen LogP contribution in [0.3, 0.4) is 0 Å². The zero-order valence-corrected chi connectivity index (χ0v) is 16.1. The van der Waals surface area contributed by atoms with Crippen LogP contribution in [0.1, 0.15) is 18.9 Å². The number of ether oxygens (including phenoxy) is 1. The van der Waals surface area contributed by atoms with Gasteiger partial charge in [-0.25, -0.2) is 0 Å². The molecule has 0 fully saturated rings. The summed E-state index contributed by atoms with van der Waals surface area (Å²) < 4.78 is 5.43. The fourth-order valence-electron chi connectivity index (χ4n) is 2.53. The second-order valence-electron chi connectivity index (χ2n) is 6.35. The van der Waals surface area contributed by atoms with Crippen molar-refractivity contribution in [1.29, 1.82) is 0 Å². The van der Waals surface area contributed by atoms with E-state index in [9.17, 15) is 9.59 Å². The Hall–Kier alpha value is -3.02. The Morgan fingerprint density at radius 1 is 1.04 bits per heavy atom. The summed E-state index contributed by atoms with van der Waals surface area (Å²) in [5, 5.41) is 5.96. The van der Waals surface area contributed by atoms with E-state index in [-0.39, 0.29) is 18.4 Å². The van der Waals surface area contributed by atoms with Gasteiger partial charge in [0.25, 0.3) is 0 Å². The highest BCUT2D eigenvalue weighted by atomic mass is 16.5. The maximum absolute atomic E-state index is 12.2. The van der Waals surface area contributed by atoms with E-state index in [4.69, 9.17) is 4.74 Å². The van der Waals surface area contributed by atoms with Crippen LogP contribution in [-0.4, -0.2) is 44.0 Å². The van der Waals surface area contributed by atoms with E-state index in [0.717, 1.165) is 17.0 Å². The SMILES string of the molecule is CCOc1cccc(NC(=O)CNc2cccc(CCC(=O)N(C)C)c2)c1. The Labute approximate surface area is 160 Å². The Bertz CT molecular complexity index is 775. The lowest BCUT2D eigenvalue weighted by molar-refractivity contribution is -0.128. The maximum atomic E-state index is 12.2. The first-order valence-electron chi connectivity index (χ1n) is 9.03. The molecule has 0 saturated carbocycles. The van der Waals surface area contributed by atoms with Crippen LogP contribution in [0.15, 0.2) is 48.5 Å². The molecule has 0 aliphatic rings. The van der Waals surface area contributed by atoms with Crippen molar-refractivity contribution in [2.75, 3.05) is 37.9 Å². The molecule has 0 aliphatic heterocycles. The molecule has 6 heteroatoms. The number of rotatable bonds is 9. The highest BCUT2D eigenvalue weighted by Gasteiger charge is 2.06. The van der Waals surface area contributed by atoms with E-state index in [1.165, 1.54) is 0 Å². The van der Waals surface area contributed by atoms with Crippen molar-refractivity contribution in [2.24, 2.45) is 0 Å². The van der Waals surface area contributed by atoms with Crippen LogP contribution in [0.25, 0.3) is 0 Å². The van der Waals surface area contributed by atoms with Crippen LogP contribution >= 0.6 is 0 Å². The minimum absolute atomic E-state index is 0.0991. The number of amides is 2. The summed E-state index contributed by atoms with van der Waals surface area (Å²) in [6.07, 6.45) is 1.13. The van der Waals surface area contributed by atoms with Gasteiger partial charge < -0.3 is 20.3 Å². The Balaban J connectivity index is 1.85. The first-order valence-corrected chi connectivity index (χ1v) is 9.03. The molecular weight excluding hydrogens is 342 g/mol. The molecule has 0 bridgehead atoms. The molecule has 0 aromatic heterocycles. The van der Waals surface area contributed by atoms with Crippen molar-refractivity contribution in [2.45, 2.75) is 19.8 Å². The summed E-state index contributed by atoms with van der Waals surface area (Å²) in [4.78, 5) is 25.5. The van der Waals surface area contributed by atoms with E-state index in [0.29, 0.717) is 25.1 Å². The molecule has 2 aromatic carbocycles. The fraction of sp³-hybridized carbons (Fsp3) is 0.333. The standard InChI is InChI=1S/C21H27N3O3/c1-4-27-19-10-6-9-18(14-19)23-20(25)15-22-17-8-5-7-16(13-17)11-12-21(26)24(2)3/h5-10,13-14,22H,4,11-12,15H2,1-3H3,(H,23,25). The summed E-state index contributed by atoms with van der Waals surface area (Å²) in [6, 6.07) is 15.1. The fourth-order valence-corrected chi connectivity index (χ4v) is 2.53. The highest BCUT2D eigenvalue weighted by Crippen LogP contribution is 2.17. The van der Waals surface area contributed by atoms with Crippen LogP contribution in [0.2, 0.25) is 0 Å². The van der Waals surface area contributed by atoms with Crippen molar-refractivity contribution in [3.05, 3.63) is 54.1 Å². The summed E-state index contributed by atoms with van der Waals surface area (Å²) >= 11 is 0. The van der Waals surface area contributed by atoms with Gasteiger partial charge in [-0.1, -0.05) is 18.2 Å². The van der Waals surface area contributed by atoms with Gasteiger partial charge in [-0.2, -0.15) is 0 Å². The molecule has 0 aliphatic carbocycles. The van der Waals surface area contributed by atoms with E-state index in [1.54, 1.807) is 25.1 Å². The number of aryl methyl sites for hydroxylation is 1. The summed E-state index contributed by atoms with van der Waals surface area (Å²) in [5.41, 5.74) is 2.60. The Morgan fingerprint density at radius 2 is 1.78 bits per heavy atom. The van der Waals surface area contributed by atoms with Crippen LogP contribution in [0, 0.1) is 0 Å². The molecule has 27 heavy (non-hydrogen) atoms. The average Bonchev–Trinajstić information content (AvgIpc) is 2.65. The molecule has 2 aromatic rings. The van der Waals surface area contributed by atoms with Gasteiger partial charge in [-0.15, -0.1) is 0 Å². The minimum Gasteiger partial charge on any atom is -0.494 e. The lowest BCUT2D eigenvalue weighted by Crippen LogP contribution is -2.22. The number of hydrogen-bond acceptors (Lipinski definition) is 4. The predicted molar refractivity (Wildman–Crippen MR) is 108 cm³/mol. The first kappa shape index (κ1) is 20.3. The average molecular weight is 369 g/mol. The van der Waals surface area contributed by atoms with Gasteiger partial charge in [0.1, 0.15) is 5.75 Å². The van der Waals surface area contributed by atoms with Crippen molar-refractivity contribution in [3.8, 4) is 5.75 Å². The van der Waals surface area contributed by atoms with Crippen LogP contribution in [0.5, 0.6) is 5.75 Å². The molecule has 0 unspecified atom stereocenters. The molecule has 0 spiro atoms. The maximum Gasteiger partial charge on any atom is 0.243 e. The molecule has 0 saturated heterocycles. The number of benzene rings is 2. The molecule has 0 heterocycles. The van der Waals surface area contributed by atoms with Crippen LogP contribution < -0.4 is 15.4 Å². The number of carbonyl (C=O) groups excluding carboxylic acids is 2. The minimum atomic E-state index is -0.142. The number of hydrogen-bond donors (Lipinski definition) is 2. The third-order valence-corrected chi connectivity index (χ3v) is 3.94. The van der Waals surface area contributed by atoms with E-state index in [1.807, 2.05) is 49.4 Å². The monoisotopic (exact) mass is 369 g/mol. The molecule has 6 nitrogen and oxygen atoms in total. The number of anilines is 2. The number of nitrogens with zero attached hydrogens (tertiary/aromatic N) is 1. The predicted octanol–water partition coefficient (Wildman–Crippen LogP) is 3.16. The Morgan fingerprint density at radius 3 is 2.52 bits per heavy atom. The lowest BCUT2D eigenvalue weighted by Gasteiger charge is -2.11. The van der Waals surface area contributed by atoms with Crippen molar-refractivity contribution < 1.29 is 14.3 Å². The quantitative estimate of drug-likeness (QED) is 0.712. The van der Waals surface area contributed by atoms with E-state index in [2.05, 4.69) is 10.6 Å². The zero-order valence-electron chi connectivity index (χ0n) is 16.1. The summed E-state index contributed by atoms with van der Waals surface area (Å²) in [7, 11) is 3.51. The van der Waals surface area contributed by atoms with Crippen LogP contribution in [0.4, 0.5) is 11.4 Å². The van der Waals surface area contributed by atoms with Crippen molar-refractivity contribution in [3.63, 3.8) is 0 Å². The second kappa shape index (κ2) is 10.2. The van der Waals surface area contributed by atoms with Crippen LogP contribution in [-0.2, 0) is 16.0 Å². The highest BCUT2D eigenvalue weighted by molar-refractivity contribution is 5.93. The second-order valence-corrected chi connectivity index (χ2v) is 6.35. The zero-order chi connectivity index (χ0) is 19.6. The molecule has 2 N–H and O–H groups in total. The molecular formula is C21H27N3O3. The normalized spacial score (nSPS) is 10.2. The third kappa shape index (κ3) is 7.01. The van der Waals surface area contributed by atoms with Gasteiger partial charge in [0, 0.05) is 38.0 Å². The van der Waals surface area contributed by atoms with Gasteiger partial charge in [-0.3, -0.25) is 9.59 Å². The van der Waals surface area contributed by atoms with Gasteiger partial charge in [0.05, 0.1) is 13.2 Å². The molecule has 0 radical (unpaired) electrons. The van der Waals surface area contributed by atoms with Gasteiger partial charge in [-0.05, 0) is 43.2 Å². The topological polar surface area (TPSA) is 70.7 Å². The van der Waals surface area contributed by atoms with E-state index >= 15 is 0 Å². The van der Waals surface area contributed by atoms with Gasteiger partial charge in [0.15, 0.2) is 0 Å². The van der Waals surface area contributed by atoms with Gasteiger partial charge in [0.2, 0.25) is 11.8 Å². The lowest BCUT2D eigenvalue weighted by atomic mass is 10.1. The Kier molecular flexibility index (Phi) is 7.67. The number of nitrogens with one attached hydrogen (secondary N) is 2. The van der Waals surface area contributed by atoms with Gasteiger partial charge >= 0.3 is 0 Å². The molecule has 0 atom stereocenters. The number of carbonyl (C=O) groups is 2. The van der Waals surface area contributed by atoms with Crippen molar-refractivity contribution >= 4 is 23.2 Å². The molecule has 144 valence electrons. The molecule has 2 amide bonds. The first-order chi connectivity index (χ1) is 13.0. The molecule has 2 rings (SSSR count). The largest absolute Gasteiger partial charge is 0.494 e. The summed E-state index contributed by atoms with van der Waals surface area (Å²) in [5.74, 6) is 0.682. The van der Waals surface area contributed by atoms with E-state index < -0.39 is 0 Å². The third-order valence-electron chi connectivity index (χ3n) is 3.94. The smallest absolute Gasteiger partial charge is 0.243 e.